The fourth-order valence-electron chi connectivity index (χ4n) is 3.64. The van der Waals surface area contributed by atoms with Gasteiger partial charge in [0.25, 0.3) is 0 Å². The van der Waals surface area contributed by atoms with Gasteiger partial charge in [-0.15, -0.1) is 0 Å². The van der Waals surface area contributed by atoms with Gasteiger partial charge in [0, 0.05) is 17.1 Å². The molecule has 0 aliphatic rings. The van der Waals surface area contributed by atoms with Gasteiger partial charge in [-0.25, -0.2) is 0 Å². The number of rotatable bonds is 10. The van der Waals surface area contributed by atoms with Crippen LogP contribution < -0.4 is 0 Å². The van der Waals surface area contributed by atoms with Crippen molar-refractivity contribution in [3.63, 3.8) is 0 Å². The molecular weight excluding hydrogens is 400 g/mol. The lowest BCUT2D eigenvalue weighted by Gasteiger charge is -2.28. The number of allylic oxidation sites excluding steroid dienone is 5. The highest BCUT2D eigenvalue weighted by atomic mass is 16.5. The van der Waals surface area contributed by atoms with Gasteiger partial charge in [-0.1, -0.05) is 29.9 Å². The van der Waals surface area contributed by atoms with Gasteiger partial charge in [0.1, 0.15) is 12.4 Å². The van der Waals surface area contributed by atoms with Gasteiger partial charge in [0.2, 0.25) is 0 Å². The van der Waals surface area contributed by atoms with Crippen molar-refractivity contribution in [2.24, 2.45) is 0 Å². The molecule has 0 aliphatic heterocycles. The number of nitrogens with zero attached hydrogens (tertiary/aromatic N) is 2. The fourth-order valence-corrected chi connectivity index (χ4v) is 3.64. The molecule has 32 heavy (non-hydrogen) atoms. The largest absolute Gasteiger partial charge is 0.508 e. The summed E-state index contributed by atoms with van der Waals surface area (Å²) < 4.78 is 5.43. The van der Waals surface area contributed by atoms with Crippen LogP contribution in [0.3, 0.4) is 0 Å². The van der Waals surface area contributed by atoms with Crippen LogP contribution >= 0.6 is 0 Å². The Balaban J connectivity index is 3.84. The summed E-state index contributed by atoms with van der Waals surface area (Å²) in [6.07, 6.45) is 2.14. The molecule has 0 heterocycles. The van der Waals surface area contributed by atoms with Gasteiger partial charge < -0.3 is 9.84 Å². The highest BCUT2D eigenvalue weighted by Crippen LogP contribution is 2.41. The number of hydrogen-bond donors (Lipinski definition) is 1. The molecule has 1 rings (SSSR count). The molecule has 168 valence electrons. The van der Waals surface area contributed by atoms with E-state index in [-0.39, 0.29) is 31.2 Å². The first-order valence-corrected chi connectivity index (χ1v) is 10.5. The van der Waals surface area contributed by atoms with Gasteiger partial charge in [-0.05, 0) is 70.4 Å². The van der Waals surface area contributed by atoms with Crippen LogP contribution in [0.15, 0.2) is 64.5 Å². The van der Waals surface area contributed by atoms with Crippen molar-refractivity contribution in [2.45, 2.75) is 53.9 Å². The second-order valence-electron chi connectivity index (χ2n) is 7.87. The van der Waals surface area contributed by atoms with E-state index < -0.39 is 5.92 Å². The van der Waals surface area contributed by atoms with Crippen LogP contribution in [0, 0.1) is 29.6 Å². The van der Waals surface area contributed by atoms with Crippen molar-refractivity contribution >= 4 is 5.78 Å². The van der Waals surface area contributed by atoms with Crippen LogP contribution in [0.4, 0.5) is 0 Å². The average Bonchev–Trinajstić information content (AvgIpc) is 2.74. The Hall–Kier alpha value is -3.41. The Morgan fingerprint density at radius 2 is 1.88 bits per heavy atom. The third kappa shape index (κ3) is 6.54. The zero-order valence-electron chi connectivity index (χ0n) is 19.9. The van der Waals surface area contributed by atoms with E-state index in [0.717, 1.165) is 27.8 Å². The Kier molecular flexibility index (Phi) is 10.4. The summed E-state index contributed by atoms with van der Waals surface area (Å²) in [5, 5.41) is 28.7. The van der Waals surface area contributed by atoms with E-state index in [4.69, 9.17) is 10.00 Å². The summed E-state index contributed by atoms with van der Waals surface area (Å²) in [6.45, 7) is 15.1. The molecule has 0 aromatic heterocycles. The third-order valence-corrected chi connectivity index (χ3v) is 5.46. The molecule has 0 unspecified atom stereocenters. The number of benzene rings is 1. The number of ketones is 1. The molecule has 1 aromatic carbocycles. The van der Waals surface area contributed by atoms with Crippen molar-refractivity contribution in [1.29, 1.82) is 10.5 Å². The minimum absolute atomic E-state index is 0.116. The van der Waals surface area contributed by atoms with Crippen molar-refractivity contribution < 1.29 is 14.6 Å². The zero-order chi connectivity index (χ0) is 24.4. The van der Waals surface area contributed by atoms with E-state index in [1.54, 1.807) is 12.1 Å². The summed E-state index contributed by atoms with van der Waals surface area (Å²) in [4.78, 5) is 13.3. The summed E-state index contributed by atoms with van der Waals surface area (Å²) in [5.74, 6) is -0.928. The van der Waals surface area contributed by atoms with Crippen LogP contribution in [0.25, 0.3) is 0 Å². The van der Waals surface area contributed by atoms with E-state index in [1.807, 2.05) is 59.8 Å². The molecule has 1 N–H and O–H groups in total. The van der Waals surface area contributed by atoms with Gasteiger partial charge in [0.05, 0.1) is 30.7 Å². The first-order chi connectivity index (χ1) is 15.1. The second kappa shape index (κ2) is 12.4. The van der Waals surface area contributed by atoms with Crippen LogP contribution in [0.5, 0.6) is 0 Å². The predicted octanol–water partition coefficient (Wildman–Crippen LogP) is 6.14. The van der Waals surface area contributed by atoms with Crippen molar-refractivity contribution in [3.8, 4) is 12.1 Å². The molecule has 0 bridgehead atoms. The number of Topliss-reactive ketones (excluding diaryl/α,β-unsaturated/α-hetero) is 1. The number of nitriles is 2. The van der Waals surface area contributed by atoms with Gasteiger partial charge >= 0.3 is 0 Å². The fraction of sp³-hybridized carbons (Fsp3) is 0.370. The van der Waals surface area contributed by atoms with E-state index in [2.05, 4.69) is 12.6 Å². The molecule has 0 radical (unpaired) electrons. The molecule has 5 nitrogen and oxygen atoms in total. The smallest absolute Gasteiger partial charge is 0.185 e. The molecule has 0 amide bonds. The SMILES string of the molecule is C=C(O)/C(=C(C)\C(C)=C/C)[C@@H](C(C(=O)COCCC#N)=C(C)C)c1ccc(C#N)cc1C. The van der Waals surface area contributed by atoms with Crippen LogP contribution in [0.2, 0.25) is 0 Å². The second-order valence-corrected chi connectivity index (χ2v) is 7.87. The summed E-state index contributed by atoms with van der Waals surface area (Å²) in [7, 11) is 0. The normalized spacial score (nSPS) is 12.8. The van der Waals surface area contributed by atoms with Crippen LogP contribution in [-0.2, 0) is 9.53 Å². The third-order valence-electron chi connectivity index (χ3n) is 5.46. The van der Waals surface area contributed by atoms with E-state index in [1.165, 1.54) is 0 Å². The average molecular weight is 433 g/mol. The zero-order valence-corrected chi connectivity index (χ0v) is 19.9. The van der Waals surface area contributed by atoms with E-state index in [0.29, 0.717) is 16.7 Å². The van der Waals surface area contributed by atoms with E-state index in [9.17, 15) is 15.2 Å². The molecular formula is C27H32N2O3. The van der Waals surface area contributed by atoms with E-state index >= 15 is 0 Å². The number of aliphatic hydroxyl groups is 1. The molecule has 0 fully saturated rings. The number of ether oxygens (including phenoxy) is 1. The number of carbonyl (C=O) groups is 1. The lowest BCUT2D eigenvalue weighted by molar-refractivity contribution is -0.120. The first kappa shape index (κ1) is 26.6. The van der Waals surface area contributed by atoms with Gasteiger partial charge in [0.15, 0.2) is 5.78 Å². The number of aliphatic hydroxyl groups excluding tert-OH is 1. The number of hydrogen-bond acceptors (Lipinski definition) is 5. The lowest BCUT2D eigenvalue weighted by Crippen LogP contribution is -2.22. The standard InChI is InChI=1S/C27H32N2O3/c1-8-18(4)20(6)26(21(7)30)27(23-11-10-22(15-29)14-19(23)5)25(17(2)3)24(31)16-32-13-9-12-28/h8,10-11,14,27,30H,7,9,13,16H2,1-6H3/b18-8-,26-20+/t27-/m1/s1. The summed E-state index contributed by atoms with van der Waals surface area (Å²) in [5.41, 5.74) is 5.78. The Bertz CT molecular complexity index is 1060. The highest BCUT2D eigenvalue weighted by Gasteiger charge is 2.31. The Morgan fingerprint density at radius 1 is 1.22 bits per heavy atom. The number of aryl methyl sites for hydroxylation is 1. The van der Waals surface area contributed by atoms with Gasteiger partial charge in [-0.2, -0.15) is 10.5 Å². The minimum Gasteiger partial charge on any atom is -0.508 e. The molecule has 0 aliphatic carbocycles. The summed E-state index contributed by atoms with van der Waals surface area (Å²) >= 11 is 0. The van der Waals surface area contributed by atoms with Crippen molar-refractivity contribution in [3.05, 3.63) is 81.2 Å². The molecule has 1 aromatic rings. The Labute approximate surface area is 191 Å². The predicted molar refractivity (Wildman–Crippen MR) is 127 cm³/mol. The quantitative estimate of drug-likeness (QED) is 0.207. The molecule has 0 spiro atoms. The van der Waals surface area contributed by atoms with Crippen LogP contribution in [0.1, 0.15) is 63.6 Å². The number of carbonyl (C=O) groups excluding carboxylic acids is 1. The Morgan fingerprint density at radius 3 is 2.34 bits per heavy atom. The summed E-state index contributed by atoms with van der Waals surface area (Å²) in [6, 6.07) is 9.44. The van der Waals surface area contributed by atoms with Crippen LogP contribution in [-0.4, -0.2) is 24.1 Å². The first-order valence-electron chi connectivity index (χ1n) is 10.5. The van der Waals surface area contributed by atoms with Crippen molar-refractivity contribution in [2.75, 3.05) is 13.2 Å². The minimum atomic E-state index is -0.591. The molecule has 0 saturated carbocycles. The monoisotopic (exact) mass is 432 g/mol. The molecule has 0 saturated heterocycles. The van der Waals surface area contributed by atoms with Gasteiger partial charge in [-0.3, -0.25) is 4.79 Å². The highest BCUT2D eigenvalue weighted by molar-refractivity contribution is 5.99. The molecule has 5 heteroatoms. The maximum absolute atomic E-state index is 13.3. The van der Waals surface area contributed by atoms with Crippen molar-refractivity contribution in [1.82, 2.24) is 0 Å². The lowest BCUT2D eigenvalue weighted by atomic mass is 9.76. The molecule has 1 atom stereocenters. The topological polar surface area (TPSA) is 94.1 Å². The maximum Gasteiger partial charge on any atom is 0.185 e. The maximum atomic E-state index is 13.3.